The highest BCUT2D eigenvalue weighted by Gasteiger charge is 2.53. The highest BCUT2D eigenvalue weighted by Crippen LogP contribution is 2.34. The SMILES string of the molecule is O=C(Nc1ncc(Cc2ccc(Cl)cc2)s1)[C@@H]1C[C@H]1[N+](=O)[O-]. The maximum atomic E-state index is 11.8. The number of benzene rings is 1. The van der Waals surface area contributed by atoms with Gasteiger partial charge >= 0.3 is 0 Å². The molecule has 0 radical (unpaired) electrons. The van der Waals surface area contributed by atoms with Crippen molar-refractivity contribution in [1.82, 2.24) is 4.98 Å². The lowest BCUT2D eigenvalue weighted by molar-refractivity contribution is -0.497. The highest BCUT2D eigenvalue weighted by atomic mass is 35.5. The molecule has 0 unspecified atom stereocenters. The lowest BCUT2D eigenvalue weighted by Gasteiger charge is -1.99. The topological polar surface area (TPSA) is 85.1 Å². The van der Waals surface area contributed by atoms with Crippen molar-refractivity contribution in [2.24, 2.45) is 5.92 Å². The molecule has 8 heteroatoms. The van der Waals surface area contributed by atoms with E-state index in [4.69, 9.17) is 11.6 Å². The van der Waals surface area contributed by atoms with Gasteiger partial charge in [-0.3, -0.25) is 14.9 Å². The summed E-state index contributed by atoms with van der Waals surface area (Å²) < 4.78 is 0. The van der Waals surface area contributed by atoms with E-state index in [1.165, 1.54) is 11.3 Å². The molecular weight excluding hydrogens is 326 g/mol. The van der Waals surface area contributed by atoms with Crippen LogP contribution in [0, 0.1) is 16.0 Å². The van der Waals surface area contributed by atoms with Crippen LogP contribution in [0.15, 0.2) is 30.5 Å². The van der Waals surface area contributed by atoms with E-state index >= 15 is 0 Å². The Morgan fingerprint density at radius 1 is 1.45 bits per heavy atom. The summed E-state index contributed by atoms with van der Waals surface area (Å²) in [6, 6.07) is 6.78. The number of hydrogen-bond donors (Lipinski definition) is 1. The number of hydrogen-bond acceptors (Lipinski definition) is 5. The van der Waals surface area contributed by atoms with Crippen molar-refractivity contribution in [3.05, 3.63) is 56.0 Å². The molecule has 1 fully saturated rings. The smallest absolute Gasteiger partial charge is 0.236 e. The van der Waals surface area contributed by atoms with Gasteiger partial charge in [-0.15, -0.1) is 11.3 Å². The fraction of sp³-hybridized carbons (Fsp3) is 0.286. The number of amides is 1. The molecule has 1 saturated carbocycles. The Hall–Kier alpha value is -1.99. The van der Waals surface area contributed by atoms with Gasteiger partial charge in [-0.25, -0.2) is 4.98 Å². The first-order valence-electron chi connectivity index (χ1n) is 6.66. The molecule has 0 bridgehead atoms. The van der Waals surface area contributed by atoms with Crippen molar-refractivity contribution < 1.29 is 9.72 Å². The first-order valence-corrected chi connectivity index (χ1v) is 7.86. The number of nitrogens with one attached hydrogen (secondary N) is 1. The molecule has 1 heterocycles. The van der Waals surface area contributed by atoms with Gasteiger partial charge in [0, 0.05) is 33.9 Å². The summed E-state index contributed by atoms with van der Waals surface area (Å²) in [6.07, 6.45) is 2.71. The number of nitro groups is 1. The van der Waals surface area contributed by atoms with Crippen molar-refractivity contribution >= 4 is 34.0 Å². The number of thiazole rings is 1. The lowest BCUT2D eigenvalue weighted by Crippen LogP contribution is -2.18. The number of rotatable bonds is 5. The molecule has 1 amide bonds. The van der Waals surface area contributed by atoms with E-state index in [1.54, 1.807) is 6.20 Å². The average molecular weight is 338 g/mol. The van der Waals surface area contributed by atoms with Crippen LogP contribution >= 0.6 is 22.9 Å². The van der Waals surface area contributed by atoms with E-state index in [9.17, 15) is 14.9 Å². The first-order chi connectivity index (χ1) is 10.5. The van der Waals surface area contributed by atoms with Crippen LogP contribution in [-0.4, -0.2) is 21.9 Å². The molecular formula is C14H12ClN3O3S. The van der Waals surface area contributed by atoms with Gasteiger partial charge in [-0.2, -0.15) is 0 Å². The normalized spacial score (nSPS) is 19.7. The molecule has 1 N–H and O–H groups in total. The minimum Gasteiger partial charge on any atom is -0.301 e. The lowest BCUT2D eigenvalue weighted by atomic mass is 10.1. The summed E-state index contributed by atoms with van der Waals surface area (Å²) in [6.45, 7) is 0. The molecule has 1 aromatic carbocycles. The summed E-state index contributed by atoms with van der Waals surface area (Å²) >= 11 is 7.21. The second-order valence-corrected chi connectivity index (χ2v) is 6.67. The van der Waals surface area contributed by atoms with Crippen LogP contribution in [0.25, 0.3) is 0 Å². The Bertz CT molecular complexity index is 716. The minimum atomic E-state index is -0.742. The van der Waals surface area contributed by atoms with Crippen molar-refractivity contribution in [3.63, 3.8) is 0 Å². The van der Waals surface area contributed by atoms with Gasteiger partial charge in [0.1, 0.15) is 5.92 Å². The van der Waals surface area contributed by atoms with Crippen LogP contribution < -0.4 is 5.32 Å². The molecule has 0 aliphatic heterocycles. The van der Waals surface area contributed by atoms with Crippen LogP contribution in [-0.2, 0) is 11.2 Å². The van der Waals surface area contributed by atoms with Gasteiger partial charge in [0.25, 0.3) is 0 Å². The number of nitrogens with zero attached hydrogens (tertiary/aromatic N) is 2. The minimum absolute atomic E-state index is 0.307. The Labute approximate surface area is 135 Å². The second kappa shape index (κ2) is 6.02. The zero-order valence-electron chi connectivity index (χ0n) is 11.4. The van der Waals surface area contributed by atoms with Crippen molar-refractivity contribution in [3.8, 4) is 0 Å². The van der Waals surface area contributed by atoms with Gasteiger partial charge in [0.2, 0.25) is 11.9 Å². The van der Waals surface area contributed by atoms with Crippen LogP contribution in [0.3, 0.4) is 0 Å². The summed E-state index contributed by atoms with van der Waals surface area (Å²) in [4.78, 5) is 27.1. The van der Waals surface area contributed by atoms with Crippen molar-refractivity contribution in [2.75, 3.05) is 5.32 Å². The predicted molar refractivity (Wildman–Crippen MR) is 83.9 cm³/mol. The molecule has 1 aliphatic rings. The third-order valence-corrected chi connectivity index (χ3v) is 4.60. The maximum absolute atomic E-state index is 11.8. The molecule has 0 spiro atoms. The Morgan fingerprint density at radius 2 is 2.18 bits per heavy atom. The number of carbonyl (C=O) groups is 1. The summed E-state index contributed by atoms with van der Waals surface area (Å²) in [5, 5.41) is 14.4. The fourth-order valence-corrected chi connectivity index (χ4v) is 3.12. The monoisotopic (exact) mass is 337 g/mol. The summed E-state index contributed by atoms with van der Waals surface area (Å²) in [5.74, 6) is -0.854. The molecule has 1 aliphatic carbocycles. The molecule has 1 aromatic heterocycles. The first kappa shape index (κ1) is 14.9. The van der Waals surface area contributed by atoms with E-state index in [1.807, 2.05) is 24.3 Å². The van der Waals surface area contributed by atoms with Gasteiger partial charge in [-0.1, -0.05) is 23.7 Å². The Kier molecular flexibility index (Phi) is 4.08. The molecule has 22 heavy (non-hydrogen) atoms. The van der Waals surface area contributed by atoms with E-state index in [0.29, 0.717) is 23.0 Å². The van der Waals surface area contributed by atoms with Gasteiger partial charge in [0.05, 0.1) is 0 Å². The maximum Gasteiger partial charge on any atom is 0.236 e. The molecule has 2 atom stereocenters. The third kappa shape index (κ3) is 3.42. The molecule has 3 rings (SSSR count). The third-order valence-electron chi connectivity index (χ3n) is 3.44. The summed E-state index contributed by atoms with van der Waals surface area (Å²) in [7, 11) is 0. The molecule has 6 nitrogen and oxygen atoms in total. The number of halogens is 1. The van der Waals surface area contributed by atoms with Gasteiger partial charge < -0.3 is 5.32 Å². The van der Waals surface area contributed by atoms with Crippen LogP contribution in [0.4, 0.5) is 5.13 Å². The number of aromatic nitrogens is 1. The van der Waals surface area contributed by atoms with Crippen molar-refractivity contribution in [2.45, 2.75) is 18.9 Å². The zero-order valence-corrected chi connectivity index (χ0v) is 12.9. The molecule has 0 saturated heterocycles. The highest BCUT2D eigenvalue weighted by molar-refractivity contribution is 7.15. The number of anilines is 1. The quantitative estimate of drug-likeness (QED) is 0.671. The van der Waals surface area contributed by atoms with E-state index in [-0.39, 0.29) is 5.91 Å². The second-order valence-electron chi connectivity index (χ2n) is 5.12. The predicted octanol–water partition coefficient (Wildman–Crippen LogP) is 2.99. The Balaban J connectivity index is 1.58. The van der Waals surface area contributed by atoms with Crippen LogP contribution in [0.5, 0.6) is 0 Å². The van der Waals surface area contributed by atoms with E-state index in [0.717, 1.165) is 10.4 Å². The van der Waals surface area contributed by atoms with E-state index < -0.39 is 16.9 Å². The summed E-state index contributed by atoms with van der Waals surface area (Å²) in [5.41, 5.74) is 1.10. The van der Waals surface area contributed by atoms with Crippen molar-refractivity contribution in [1.29, 1.82) is 0 Å². The van der Waals surface area contributed by atoms with Crippen LogP contribution in [0.1, 0.15) is 16.9 Å². The molecule has 2 aromatic rings. The van der Waals surface area contributed by atoms with Crippen LogP contribution in [0.2, 0.25) is 5.02 Å². The van der Waals surface area contributed by atoms with Gasteiger partial charge in [-0.05, 0) is 17.7 Å². The fourth-order valence-electron chi connectivity index (χ4n) is 2.14. The number of carbonyl (C=O) groups excluding carboxylic acids is 1. The molecule has 114 valence electrons. The zero-order chi connectivity index (χ0) is 15.7. The Morgan fingerprint density at radius 3 is 2.82 bits per heavy atom. The van der Waals surface area contributed by atoms with E-state index in [2.05, 4.69) is 10.3 Å². The standard InChI is InChI=1S/C14H12ClN3O3S/c15-9-3-1-8(2-4-9)5-10-7-16-14(22-10)17-13(19)11-6-12(11)18(20)21/h1-4,7,11-12H,5-6H2,(H,16,17,19)/t11-,12-/m1/s1. The average Bonchev–Trinajstić information content (AvgIpc) is 3.18. The van der Waals surface area contributed by atoms with Gasteiger partial charge in [0.15, 0.2) is 5.13 Å². The largest absolute Gasteiger partial charge is 0.301 e.